The minimum Gasteiger partial charge on any atom is -0.357 e. The minimum absolute atomic E-state index is 0. The molecule has 0 aliphatic carbocycles. The molecule has 0 unspecified atom stereocenters. The van der Waals surface area contributed by atoms with Crippen LogP contribution in [0.1, 0.15) is 36.7 Å². The van der Waals surface area contributed by atoms with Crippen LogP contribution in [-0.4, -0.2) is 46.2 Å². The Morgan fingerprint density at radius 2 is 1.88 bits per heavy atom. The lowest BCUT2D eigenvalue weighted by Crippen LogP contribution is -2.48. The van der Waals surface area contributed by atoms with Gasteiger partial charge in [0.2, 0.25) is 0 Å². The van der Waals surface area contributed by atoms with Crippen molar-refractivity contribution in [3.63, 3.8) is 0 Å². The number of nitrogens with zero attached hydrogens (tertiary/aromatic N) is 5. The molecule has 1 aliphatic heterocycles. The summed E-state index contributed by atoms with van der Waals surface area (Å²) < 4.78 is 2.16. The van der Waals surface area contributed by atoms with Crippen LogP contribution in [0.3, 0.4) is 0 Å². The van der Waals surface area contributed by atoms with Gasteiger partial charge in [-0.1, -0.05) is 36.4 Å². The van der Waals surface area contributed by atoms with E-state index in [0.717, 1.165) is 56.6 Å². The van der Waals surface area contributed by atoms with Crippen molar-refractivity contribution in [1.29, 1.82) is 0 Å². The van der Waals surface area contributed by atoms with E-state index in [1.165, 1.54) is 11.1 Å². The van der Waals surface area contributed by atoms with Gasteiger partial charge in [-0.3, -0.25) is 0 Å². The van der Waals surface area contributed by atoms with E-state index in [9.17, 15) is 0 Å². The van der Waals surface area contributed by atoms with Gasteiger partial charge in [0, 0.05) is 50.8 Å². The van der Waals surface area contributed by atoms with E-state index in [1.54, 1.807) is 0 Å². The smallest absolute Gasteiger partial charge is 0.191 e. The van der Waals surface area contributed by atoms with E-state index in [0.29, 0.717) is 12.6 Å². The van der Waals surface area contributed by atoms with Gasteiger partial charge in [-0.2, -0.15) is 0 Å². The molecule has 176 valence electrons. The highest BCUT2D eigenvalue weighted by molar-refractivity contribution is 14.0. The summed E-state index contributed by atoms with van der Waals surface area (Å²) in [5.74, 6) is 2.89. The Balaban J connectivity index is 0.00000306. The summed E-state index contributed by atoms with van der Waals surface area (Å²) in [7, 11) is 0. The Bertz CT molecular complexity index is 993. The van der Waals surface area contributed by atoms with Gasteiger partial charge in [0.25, 0.3) is 0 Å². The number of benzene rings is 1. The lowest BCUT2D eigenvalue weighted by molar-refractivity contribution is 0.459. The van der Waals surface area contributed by atoms with E-state index < -0.39 is 0 Å². The molecule has 0 saturated carbocycles. The van der Waals surface area contributed by atoms with E-state index in [1.807, 2.05) is 24.7 Å². The number of pyridine rings is 1. The molecule has 4 rings (SSSR count). The quantitative estimate of drug-likeness (QED) is 0.261. The van der Waals surface area contributed by atoms with E-state index in [4.69, 9.17) is 4.99 Å². The number of aryl methyl sites for hydroxylation is 1. The first-order valence-electron chi connectivity index (χ1n) is 11.5. The number of hydrogen-bond acceptors (Lipinski definition) is 4. The minimum atomic E-state index is 0. The second-order valence-corrected chi connectivity index (χ2v) is 8.25. The molecular weight excluding hydrogens is 525 g/mol. The number of piperidine rings is 1. The van der Waals surface area contributed by atoms with Crippen LogP contribution in [0.4, 0.5) is 5.82 Å². The topological polar surface area (TPSA) is 70.4 Å². The monoisotopic (exact) mass is 559 g/mol. The van der Waals surface area contributed by atoms with E-state index in [2.05, 4.69) is 80.3 Å². The number of nitrogens with one attached hydrogen (secondary N) is 2. The zero-order chi connectivity index (χ0) is 22.2. The predicted octanol–water partition coefficient (Wildman–Crippen LogP) is 3.98. The molecule has 2 aromatic heterocycles. The highest BCUT2D eigenvalue weighted by atomic mass is 127. The van der Waals surface area contributed by atoms with Gasteiger partial charge in [0.05, 0.1) is 0 Å². The molecule has 2 N–H and O–H groups in total. The fourth-order valence-corrected chi connectivity index (χ4v) is 3.98. The first-order chi connectivity index (χ1) is 15.7. The van der Waals surface area contributed by atoms with Crippen molar-refractivity contribution >= 4 is 35.8 Å². The van der Waals surface area contributed by atoms with Crippen LogP contribution in [0.15, 0.2) is 66.0 Å². The molecule has 3 heterocycles. The summed E-state index contributed by atoms with van der Waals surface area (Å²) in [5.41, 5.74) is 2.46. The number of hydrogen-bond donors (Lipinski definition) is 2. The number of rotatable bonds is 7. The van der Waals surface area contributed by atoms with Gasteiger partial charge in [0.15, 0.2) is 5.96 Å². The highest BCUT2D eigenvalue weighted by Crippen LogP contribution is 2.18. The van der Waals surface area contributed by atoms with Crippen molar-refractivity contribution in [1.82, 2.24) is 25.2 Å². The molecule has 0 spiro atoms. The molecule has 8 heteroatoms. The van der Waals surface area contributed by atoms with Crippen molar-refractivity contribution in [2.24, 2.45) is 4.99 Å². The van der Waals surface area contributed by atoms with Crippen molar-refractivity contribution in [3.8, 4) is 0 Å². The summed E-state index contributed by atoms with van der Waals surface area (Å²) in [4.78, 5) is 16.3. The molecule has 7 nitrogen and oxygen atoms in total. The fourth-order valence-electron chi connectivity index (χ4n) is 3.98. The number of aliphatic imine (C=N–C) groups is 1. The van der Waals surface area contributed by atoms with Crippen molar-refractivity contribution < 1.29 is 0 Å². The Labute approximate surface area is 213 Å². The Morgan fingerprint density at radius 1 is 1.09 bits per heavy atom. The third-order valence-electron chi connectivity index (χ3n) is 5.78. The van der Waals surface area contributed by atoms with Gasteiger partial charge < -0.3 is 20.1 Å². The Hall–Kier alpha value is -2.62. The van der Waals surface area contributed by atoms with Crippen LogP contribution in [0.5, 0.6) is 0 Å². The second kappa shape index (κ2) is 12.6. The van der Waals surface area contributed by atoms with Crippen LogP contribution < -0.4 is 15.5 Å². The van der Waals surface area contributed by atoms with Crippen molar-refractivity contribution in [3.05, 3.63) is 78.0 Å². The molecule has 0 amide bonds. The first kappa shape index (κ1) is 25.0. The molecule has 1 saturated heterocycles. The van der Waals surface area contributed by atoms with Gasteiger partial charge in [-0.05, 0) is 43.9 Å². The summed E-state index contributed by atoms with van der Waals surface area (Å²) >= 11 is 0. The highest BCUT2D eigenvalue weighted by Gasteiger charge is 2.21. The molecule has 1 aliphatic rings. The largest absolute Gasteiger partial charge is 0.357 e. The third kappa shape index (κ3) is 7.18. The van der Waals surface area contributed by atoms with Gasteiger partial charge in [-0.15, -0.1) is 24.0 Å². The van der Waals surface area contributed by atoms with Gasteiger partial charge in [-0.25, -0.2) is 15.0 Å². The zero-order valence-electron chi connectivity index (χ0n) is 19.4. The van der Waals surface area contributed by atoms with Crippen molar-refractivity contribution in [2.75, 3.05) is 24.5 Å². The van der Waals surface area contributed by atoms with Crippen LogP contribution >= 0.6 is 24.0 Å². The number of imidazole rings is 1. The maximum Gasteiger partial charge on any atom is 0.191 e. The molecule has 1 aromatic carbocycles. The standard InChI is InChI=1S/C25H33N7.HI/c1-3-26-25(29-18-24-27-13-16-32(24)19-21-7-5-4-6-8-21)30-22-11-14-31(15-12-22)23-10-9-20(2)17-28-23;/h4-10,13,16-17,22H,3,11-12,14-15,18-19H2,1-2H3,(H2,26,29,30);1H. The van der Waals surface area contributed by atoms with Crippen molar-refractivity contribution in [2.45, 2.75) is 45.8 Å². The molecule has 0 radical (unpaired) electrons. The Morgan fingerprint density at radius 3 is 2.58 bits per heavy atom. The lowest BCUT2D eigenvalue weighted by atomic mass is 10.1. The predicted molar refractivity (Wildman–Crippen MR) is 145 cm³/mol. The molecule has 1 fully saturated rings. The maximum absolute atomic E-state index is 4.82. The lowest BCUT2D eigenvalue weighted by Gasteiger charge is -2.33. The number of anilines is 1. The maximum atomic E-state index is 4.82. The average Bonchev–Trinajstić information content (AvgIpc) is 3.26. The normalized spacial score (nSPS) is 14.6. The number of halogens is 1. The number of aromatic nitrogens is 3. The fraction of sp³-hybridized carbons (Fsp3) is 0.400. The van der Waals surface area contributed by atoms with Crippen LogP contribution in [0.25, 0.3) is 0 Å². The molecule has 0 atom stereocenters. The first-order valence-corrected chi connectivity index (χ1v) is 11.5. The Kier molecular flexibility index (Phi) is 9.53. The SMILES string of the molecule is CCNC(=NCc1nccn1Cc1ccccc1)NC1CCN(c2ccc(C)cn2)CC1.I. The summed E-state index contributed by atoms with van der Waals surface area (Å²) in [6.45, 7) is 8.34. The van der Waals surface area contributed by atoms with Gasteiger partial charge >= 0.3 is 0 Å². The third-order valence-corrected chi connectivity index (χ3v) is 5.78. The average molecular weight is 560 g/mol. The zero-order valence-corrected chi connectivity index (χ0v) is 21.8. The number of guanidine groups is 1. The van der Waals surface area contributed by atoms with E-state index >= 15 is 0 Å². The van der Waals surface area contributed by atoms with Gasteiger partial charge in [0.1, 0.15) is 18.2 Å². The van der Waals surface area contributed by atoms with E-state index in [-0.39, 0.29) is 24.0 Å². The summed E-state index contributed by atoms with van der Waals surface area (Å²) in [5, 5.41) is 7.01. The van der Waals surface area contributed by atoms with Crippen LogP contribution in [0.2, 0.25) is 0 Å². The summed E-state index contributed by atoms with van der Waals surface area (Å²) in [6, 6.07) is 15.1. The summed E-state index contributed by atoms with van der Waals surface area (Å²) in [6.07, 6.45) is 7.93. The molecule has 3 aromatic rings. The second-order valence-electron chi connectivity index (χ2n) is 8.25. The van der Waals surface area contributed by atoms with Crippen LogP contribution in [-0.2, 0) is 13.1 Å². The molecule has 33 heavy (non-hydrogen) atoms. The molecular formula is C25H34IN7. The van der Waals surface area contributed by atoms with Crippen LogP contribution in [0, 0.1) is 6.92 Å². The molecule has 0 bridgehead atoms.